The van der Waals surface area contributed by atoms with Crippen LogP contribution in [0.3, 0.4) is 0 Å². The van der Waals surface area contributed by atoms with Crippen LogP contribution in [0, 0.1) is 0 Å². The molecule has 0 aromatic heterocycles. The number of hydrogen-bond acceptors (Lipinski definition) is 3. The maximum atomic E-state index is 12.0. The number of hydrogen-bond donors (Lipinski definition) is 1. The van der Waals surface area contributed by atoms with Gasteiger partial charge in [-0.3, -0.25) is 0 Å². The van der Waals surface area contributed by atoms with Crippen molar-refractivity contribution < 1.29 is 22.6 Å². The first-order chi connectivity index (χ1) is 9.06. The Hall–Kier alpha value is -1.43. The van der Waals surface area contributed by atoms with Crippen molar-refractivity contribution in [3.63, 3.8) is 0 Å². The number of nitrogens with one attached hydrogen (secondary N) is 1. The molecule has 19 heavy (non-hydrogen) atoms. The molecule has 1 heterocycles. The molecule has 1 N–H and O–H groups in total. The van der Waals surface area contributed by atoms with Gasteiger partial charge in [-0.1, -0.05) is 12.1 Å². The van der Waals surface area contributed by atoms with Crippen molar-refractivity contribution in [1.29, 1.82) is 0 Å². The Morgan fingerprint density at radius 3 is 2.74 bits per heavy atom. The fourth-order valence-electron chi connectivity index (χ4n) is 1.91. The zero-order valence-corrected chi connectivity index (χ0v) is 10.4. The summed E-state index contributed by atoms with van der Waals surface area (Å²) in [7, 11) is 0. The fraction of sp³-hybridized carbons (Fsp3) is 0.538. The second-order valence-electron chi connectivity index (χ2n) is 4.34. The number of fused-ring (bicyclic) bond motifs is 1. The Bertz CT molecular complexity index is 421. The molecule has 2 rings (SSSR count). The lowest BCUT2D eigenvalue weighted by molar-refractivity contribution is -0.135. The summed E-state index contributed by atoms with van der Waals surface area (Å²) in [6, 6.07) is 5.55. The van der Waals surface area contributed by atoms with Crippen LogP contribution in [-0.4, -0.2) is 25.9 Å². The SMILES string of the molecule is FC(F)(F)CCCNCc1cccc2c1OCCO2. The van der Waals surface area contributed by atoms with Crippen molar-refractivity contribution in [3.8, 4) is 11.5 Å². The molecule has 0 unspecified atom stereocenters. The molecule has 0 saturated carbocycles. The predicted octanol–water partition coefficient (Wildman–Crippen LogP) is 2.89. The zero-order valence-electron chi connectivity index (χ0n) is 10.4. The van der Waals surface area contributed by atoms with E-state index in [4.69, 9.17) is 9.47 Å². The van der Waals surface area contributed by atoms with Crippen LogP contribution < -0.4 is 14.8 Å². The average molecular weight is 275 g/mol. The molecule has 0 amide bonds. The van der Waals surface area contributed by atoms with Gasteiger partial charge >= 0.3 is 6.18 Å². The molecule has 0 bridgehead atoms. The quantitative estimate of drug-likeness (QED) is 0.838. The van der Waals surface area contributed by atoms with Crippen molar-refractivity contribution in [3.05, 3.63) is 23.8 Å². The lowest BCUT2D eigenvalue weighted by atomic mass is 10.1. The van der Waals surface area contributed by atoms with E-state index in [0.29, 0.717) is 37.8 Å². The van der Waals surface area contributed by atoms with Gasteiger partial charge in [0.15, 0.2) is 11.5 Å². The van der Waals surface area contributed by atoms with Crippen LogP contribution in [0.2, 0.25) is 0 Å². The Morgan fingerprint density at radius 2 is 1.95 bits per heavy atom. The molecule has 0 fully saturated rings. The van der Waals surface area contributed by atoms with E-state index in [-0.39, 0.29) is 6.42 Å². The van der Waals surface area contributed by atoms with E-state index in [1.165, 1.54) is 0 Å². The number of ether oxygens (including phenoxy) is 2. The van der Waals surface area contributed by atoms with E-state index in [9.17, 15) is 13.2 Å². The largest absolute Gasteiger partial charge is 0.486 e. The highest BCUT2D eigenvalue weighted by Gasteiger charge is 2.25. The van der Waals surface area contributed by atoms with Gasteiger partial charge in [0.2, 0.25) is 0 Å². The average Bonchev–Trinajstić information content (AvgIpc) is 2.37. The maximum absolute atomic E-state index is 12.0. The molecule has 1 aromatic rings. The van der Waals surface area contributed by atoms with E-state index in [0.717, 1.165) is 5.56 Å². The number of alkyl halides is 3. The van der Waals surface area contributed by atoms with Crippen LogP contribution in [0.5, 0.6) is 11.5 Å². The summed E-state index contributed by atoms with van der Waals surface area (Å²) < 4.78 is 46.9. The molecular weight excluding hydrogens is 259 g/mol. The highest BCUT2D eigenvalue weighted by atomic mass is 19.4. The molecule has 1 aromatic carbocycles. The Morgan fingerprint density at radius 1 is 1.16 bits per heavy atom. The molecule has 6 heteroatoms. The second-order valence-corrected chi connectivity index (χ2v) is 4.34. The van der Waals surface area contributed by atoms with Crippen molar-refractivity contribution >= 4 is 0 Å². The van der Waals surface area contributed by atoms with E-state index < -0.39 is 12.6 Å². The first-order valence-corrected chi connectivity index (χ1v) is 6.21. The first kappa shape index (κ1) is 14.0. The summed E-state index contributed by atoms with van der Waals surface area (Å²) in [5.74, 6) is 1.39. The van der Waals surface area contributed by atoms with Gasteiger partial charge in [-0.25, -0.2) is 0 Å². The van der Waals surface area contributed by atoms with Crippen LogP contribution >= 0.6 is 0 Å². The van der Waals surface area contributed by atoms with E-state index in [2.05, 4.69) is 5.32 Å². The normalized spacial score (nSPS) is 14.5. The van der Waals surface area contributed by atoms with E-state index >= 15 is 0 Å². The highest BCUT2D eigenvalue weighted by molar-refractivity contribution is 5.47. The minimum atomic E-state index is -4.08. The van der Waals surface area contributed by atoms with Gasteiger partial charge in [0, 0.05) is 18.5 Å². The zero-order chi connectivity index (χ0) is 13.7. The molecule has 3 nitrogen and oxygen atoms in total. The molecule has 0 radical (unpaired) electrons. The minimum Gasteiger partial charge on any atom is -0.486 e. The maximum Gasteiger partial charge on any atom is 0.389 e. The third kappa shape index (κ3) is 4.31. The summed E-state index contributed by atoms with van der Waals surface area (Å²) in [6.07, 6.45) is -4.76. The van der Waals surface area contributed by atoms with Crippen molar-refractivity contribution in [1.82, 2.24) is 5.32 Å². The molecule has 1 aliphatic heterocycles. The number of benzene rings is 1. The summed E-state index contributed by atoms with van der Waals surface area (Å²) in [5, 5.41) is 2.99. The molecule has 0 aliphatic carbocycles. The van der Waals surface area contributed by atoms with Gasteiger partial charge in [0.1, 0.15) is 13.2 Å². The lowest BCUT2D eigenvalue weighted by Crippen LogP contribution is -2.20. The Kier molecular flexibility index (Phi) is 4.52. The van der Waals surface area contributed by atoms with Gasteiger partial charge in [0.05, 0.1) is 0 Å². The van der Waals surface area contributed by atoms with E-state index in [1.54, 1.807) is 0 Å². The summed E-state index contributed by atoms with van der Waals surface area (Å²) in [5.41, 5.74) is 0.907. The van der Waals surface area contributed by atoms with Crippen molar-refractivity contribution in [2.75, 3.05) is 19.8 Å². The molecular formula is C13H16F3NO2. The molecule has 1 aliphatic rings. The van der Waals surface area contributed by atoms with Crippen LogP contribution in [0.15, 0.2) is 18.2 Å². The third-order valence-electron chi connectivity index (χ3n) is 2.78. The topological polar surface area (TPSA) is 30.5 Å². The summed E-state index contributed by atoms with van der Waals surface area (Å²) in [4.78, 5) is 0. The number of rotatable bonds is 5. The standard InChI is InChI=1S/C13H16F3NO2/c14-13(15,16)5-2-6-17-9-10-3-1-4-11-12(10)19-8-7-18-11/h1,3-4,17H,2,5-9H2. The molecule has 0 atom stereocenters. The number of halogens is 3. The van der Waals surface area contributed by atoms with Crippen LogP contribution in [0.25, 0.3) is 0 Å². The third-order valence-corrected chi connectivity index (χ3v) is 2.78. The summed E-state index contributed by atoms with van der Waals surface area (Å²) >= 11 is 0. The fourth-order valence-corrected chi connectivity index (χ4v) is 1.91. The van der Waals surface area contributed by atoms with Gasteiger partial charge in [-0.05, 0) is 19.0 Å². The van der Waals surface area contributed by atoms with Crippen molar-refractivity contribution in [2.45, 2.75) is 25.6 Å². The van der Waals surface area contributed by atoms with Crippen LogP contribution in [0.4, 0.5) is 13.2 Å². The van der Waals surface area contributed by atoms with Crippen molar-refractivity contribution in [2.24, 2.45) is 0 Å². The Balaban J connectivity index is 1.80. The van der Waals surface area contributed by atoms with Gasteiger partial charge < -0.3 is 14.8 Å². The summed E-state index contributed by atoms with van der Waals surface area (Å²) in [6.45, 7) is 1.82. The van der Waals surface area contributed by atoms with Crippen LogP contribution in [-0.2, 0) is 6.54 Å². The first-order valence-electron chi connectivity index (χ1n) is 6.21. The smallest absolute Gasteiger partial charge is 0.389 e. The number of para-hydroxylation sites is 1. The van der Waals surface area contributed by atoms with Gasteiger partial charge in [-0.2, -0.15) is 13.2 Å². The van der Waals surface area contributed by atoms with E-state index in [1.807, 2.05) is 18.2 Å². The molecule has 0 spiro atoms. The lowest BCUT2D eigenvalue weighted by Gasteiger charge is -2.21. The Labute approximate surface area is 109 Å². The van der Waals surface area contributed by atoms with Gasteiger partial charge in [-0.15, -0.1) is 0 Å². The molecule has 106 valence electrons. The monoisotopic (exact) mass is 275 g/mol. The van der Waals surface area contributed by atoms with Gasteiger partial charge in [0.25, 0.3) is 0 Å². The molecule has 0 saturated heterocycles. The van der Waals surface area contributed by atoms with Crippen LogP contribution in [0.1, 0.15) is 18.4 Å². The minimum absolute atomic E-state index is 0.0792. The predicted molar refractivity (Wildman–Crippen MR) is 64.4 cm³/mol. The highest BCUT2D eigenvalue weighted by Crippen LogP contribution is 2.33. The second kappa shape index (κ2) is 6.14.